The topological polar surface area (TPSA) is 68.6 Å². The third-order valence-electron chi connectivity index (χ3n) is 4.97. The zero-order valence-electron chi connectivity index (χ0n) is 16.1. The van der Waals surface area contributed by atoms with Gasteiger partial charge in [0, 0.05) is 22.7 Å². The highest BCUT2D eigenvalue weighted by atomic mass is 35.5. The number of nitrogens with zero attached hydrogens (tertiary/aromatic N) is 2. The third kappa shape index (κ3) is 4.02. The van der Waals surface area contributed by atoms with E-state index < -0.39 is 6.04 Å². The number of halogens is 2. The van der Waals surface area contributed by atoms with E-state index >= 15 is 0 Å². The maximum Gasteiger partial charge on any atom is 0.143 e. The van der Waals surface area contributed by atoms with Crippen molar-refractivity contribution in [3.05, 3.63) is 76.3 Å². The van der Waals surface area contributed by atoms with E-state index in [1.807, 2.05) is 65.6 Å². The van der Waals surface area contributed by atoms with Gasteiger partial charge in [-0.05, 0) is 29.8 Å². The minimum atomic E-state index is -0.525. The molecular formula is C23H21Cl2N3O2. The highest BCUT2D eigenvalue weighted by Gasteiger charge is 2.24. The number of aromatic nitrogens is 1. The number of para-hydroxylation sites is 1. The number of nitrogens with one attached hydrogen (secondary N) is 1. The molecule has 1 aliphatic heterocycles. The Kier molecular flexibility index (Phi) is 6.25. The summed E-state index contributed by atoms with van der Waals surface area (Å²) < 4.78 is 0. The molecule has 1 aromatic heterocycles. The van der Waals surface area contributed by atoms with Crippen LogP contribution in [0.3, 0.4) is 0 Å². The molecule has 0 radical (unpaired) electrons. The van der Waals surface area contributed by atoms with Gasteiger partial charge in [-0.25, -0.2) is 4.98 Å². The normalized spacial score (nSPS) is 12.9. The number of pyridine rings is 1. The Morgan fingerprint density at radius 2 is 1.67 bits per heavy atom. The molecule has 2 aromatic carbocycles. The highest BCUT2D eigenvalue weighted by molar-refractivity contribution is 6.34. The average Bonchev–Trinajstić information content (AvgIpc) is 2.77. The predicted octanol–water partition coefficient (Wildman–Crippen LogP) is 4.99. The molecule has 0 amide bonds. The molecule has 0 bridgehead atoms. The maximum absolute atomic E-state index is 9.51. The quantitative estimate of drug-likeness (QED) is 0.502. The lowest BCUT2D eigenvalue weighted by Gasteiger charge is -2.30. The van der Waals surface area contributed by atoms with Crippen molar-refractivity contribution in [1.29, 1.82) is 0 Å². The van der Waals surface area contributed by atoms with Crippen molar-refractivity contribution in [1.82, 2.24) is 4.98 Å². The number of aliphatic hydroxyl groups is 2. The Morgan fingerprint density at radius 3 is 2.37 bits per heavy atom. The van der Waals surface area contributed by atoms with Gasteiger partial charge in [0.05, 0.1) is 30.0 Å². The SMILES string of the molecule is OCC(CO)Nc1cc(-c2ccccc2Cl)c2c(n1)N(c1ccccc1Cl)CC=C2. The van der Waals surface area contributed by atoms with Crippen LogP contribution in [0.1, 0.15) is 5.56 Å². The lowest BCUT2D eigenvalue weighted by atomic mass is 9.97. The van der Waals surface area contributed by atoms with Crippen molar-refractivity contribution in [3.63, 3.8) is 0 Å². The summed E-state index contributed by atoms with van der Waals surface area (Å²) in [4.78, 5) is 6.84. The molecule has 0 unspecified atom stereocenters. The van der Waals surface area contributed by atoms with Gasteiger partial charge in [-0.3, -0.25) is 0 Å². The summed E-state index contributed by atoms with van der Waals surface area (Å²) in [6.07, 6.45) is 4.10. The van der Waals surface area contributed by atoms with Crippen LogP contribution in [0.25, 0.3) is 17.2 Å². The van der Waals surface area contributed by atoms with Gasteiger partial charge in [-0.2, -0.15) is 0 Å². The van der Waals surface area contributed by atoms with E-state index in [1.165, 1.54) is 0 Å². The van der Waals surface area contributed by atoms with E-state index in [2.05, 4.69) is 11.4 Å². The molecule has 154 valence electrons. The van der Waals surface area contributed by atoms with Gasteiger partial charge >= 0.3 is 0 Å². The molecule has 0 fully saturated rings. The van der Waals surface area contributed by atoms with Crippen LogP contribution in [0, 0.1) is 0 Å². The van der Waals surface area contributed by atoms with E-state index in [-0.39, 0.29) is 13.2 Å². The van der Waals surface area contributed by atoms with Crippen LogP contribution in [-0.4, -0.2) is 41.0 Å². The van der Waals surface area contributed by atoms with E-state index in [0.29, 0.717) is 22.4 Å². The van der Waals surface area contributed by atoms with Crippen LogP contribution < -0.4 is 10.2 Å². The first-order chi connectivity index (χ1) is 14.6. The Balaban J connectivity index is 1.92. The summed E-state index contributed by atoms with van der Waals surface area (Å²) in [5, 5.41) is 23.4. The number of rotatable bonds is 6. The third-order valence-corrected chi connectivity index (χ3v) is 5.62. The van der Waals surface area contributed by atoms with Crippen LogP contribution in [0.5, 0.6) is 0 Å². The van der Waals surface area contributed by atoms with Crippen LogP contribution in [0.4, 0.5) is 17.3 Å². The summed E-state index contributed by atoms with van der Waals surface area (Å²) in [5.74, 6) is 1.25. The van der Waals surface area contributed by atoms with E-state index in [0.717, 1.165) is 28.2 Å². The van der Waals surface area contributed by atoms with Gasteiger partial charge in [0.25, 0.3) is 0 Å². The standard InChI is InChI=1S/C23H21Cl2N3O2/c24-19-8-2-1-6-16(19)18-12-22(26-15(13-29)14-30)27-23-17(18)7-5-11-28(23)21-10-4-3-9-20(21)25/h1-10,12,15,29-30H,11,13-14H2,(H,26,27). The predicted molar refractivity (Wildman–Crippen MR) is 124 cm³/mol. The molecule has 7 heteroatoms. The fourth-order valence-electron chi connectivity index (χ4n) is 3.49. The largest absolute Gasteiger partial charge is 0.394 e. The highest BCUT2D eigenvalue weighted by Crippen LogP contribution is 2.42. The van der Waals surface area contributed by atoms with Gasteiger partial charge in [-0.1, -0.05) is 65.7 Å². The first-order valence-electron chi connectivity index (χ1n) is 9.59. The van der Waals surface area contributed by atoms with Crippen LogP contribution in [0.2, 0.25) is 10.0 Å². The molecule has 2 heterocycles. The van der Waals surface area contributed by atoms with Crippen molar-refractivity contribution in [3.8, 4) is 11.1 Å². The minimum absolute atomic E-state index is 0.217. The molecule has 0 saturated carbocycles. The monoisotopic (exact) mass is 441 g/mol. The van der Waals surface area contributed by atoms with Gasteiger partial charge in [0.1, 0.15) is 11.6 Å². The van der Waals surface area contributed by atoms with Crippen molar-refractivity contribution in [2.75, 3.05) is 30.0 Å². The number of hydrogen-bond acceptors (Lipinski definition) is 5. The van der Waals surface area contributed by atoms with E-state index in [9.17, 15) is 10.2 Å². The van der Waals surface area contributed by atoms with Crippen molar-refractivity contribution in [2.45, 2.75) is 6.04 Å². The second-order valence-electron chi connectivity index (χ2n) is 6.94. The Morgan fingerprint density at radius 1 is 0.967 bits per heavy atom. The fraction of sp³-hybridized carbons (Fsp3) is 0.174. The van der Waals surface area contributed by atoms with Gasteiger partial charge < -0.3 is 20.4 Å². The van der Waals surface area contributed by atoms with Gasteiger partial charge in [-0.15, -0.1) is 0 Å². The number of anilines is 3. The average molecular weight is 442 g/mol. The number of benzene rings is 2. The molecule has 5 nitrogen and oxygen atoms in total. The maximum atomic E-state index is 9.51. The second-order valence-corrected chi connectivity index (χ2v) is 7.76. The van der Waals surface area contributed by atoms with Gasteiger partial charge in [0.15, 0.2) is 0 Å². The first kappa shape index (κ1) is 20.7. The summed E-state index contributed by atoms with van der Waals surface area (Å²) in [6, 6.07) is 16.6. The Labute approximate surface area is 185 Å². The molecule has 30 heavy (non-hydrogen) atoms. The molecule has 1 aliphatic rings. The van der Waals surface area contributed by atoms with E-state index in [1.54, 1.807) is 0 Å². The molecule has 3 N–H and O–H groups in total. The molecule has 0 saturated heterocycles. The molecule has 0 atom stereocenters. The summed E-state index contributed by atoms with van der Waals surface area (Å²) in [6.45, 7) is 0.175. The minimum Gasteiger partial charge on any atom is -0.394 e. The summed E-state index contributed by atoms with van der Waals surface area (Å²) in [7, 11) is 0. The summed E-state index contributed by atoms with van der Waals surface area (Å²) in [5.41, 5.74) is 3.54. The van der Waals surface area contributed by atoms with Crippen molar-refractivity contribution in [2.24, 2.45) is 0 Å². The van der Waals surface area contributed by atoms with Crippen LogP contribution >= 0.6 is 23.2 Å². The molecular weight excluding hydrogens is 421 g/mol. The molecule has 4 rings (SSSR count). The molecule has 0 spiro atoms. The lowest BCUT2D eigenvalue weighted by molar-refractivity contribution is 0.203. The zero-order chi connectivity index (χ0) is 21.1. The van der Waals surface area contributed by atoms with Crippen LogP contribution in [0.15, 0.2) is 60.7 Å². The number of aliphatic hydroxyl groups excluding tert-OH is 2. The van der Waals surface area contributed by atoms with E-state index in [4.69, 9.17) is 28.2 Å². The van der Waals surface area contributed by atoms with Gasteiger partial charge in [0.2, 0.25) is 0 Å². The molecule has 0 aliphatic carbocycles. The smallest absolute Gasteiger partial charge is 0.143 e. The summed E-state index contributed by atoms with van der Waals surface area (Å²) >= 11 is 13.0. The van der Waals surface area contributed by atoms with Crippen molar-refractivity contribution < 1.29 is 10.2 Å². The number of fused-ring (bicyclic) bond motifs is 1. The number of hydrogen-bond donors (Lipinski definition) is 3. The van der Waals surface area contributed by atoms with Crippen LogP contribution in [-0.2, 0) is 0 Å². The van der Waals surface area contributed by atoms with Crippen molar-refractivity contribution >= 4 is 46.6 Å². The second kappa shape index (κ2) is 9.06. The molecule has 3 aromatic rings. The Bertz CT molecular complexity index is 1080. The Hall–Kier alpha value is -2.57. The lowest BCUT2D eigenvalue weighted by Crippen LogP contribution is -2.29. The fourth-order valence-corrected chi connectivity index (χ4v) is 3.97. The first-order valence-corrected chi connectivity index (χ1v) is 10.3. The zero-order valence-corrected chi connectivity index (χ0v) is 17.6.